The van der Waals surface area contributed by atoms with Crippen molar-refractivity contribution in [3.63, 3.8) is 0 Å². The highest BCUT2D eigenvalue weighted by Crippen LogP contribution is 2.44. The Balaban J connectivity index is 1.06. The lowest BCUT2D eigenvalue weighted by Crippen LogP contribution is -2.32. The molecule has 10 nitrogen and oxygen atoms in total. The molecule has 0 saturated carbocycles. The molecule has 0 atom stereocenters. The van der Waals surface area contributed by atoms with Crippen molar-refractivity contribution in [2.75, 3.05) is 19.8 Å². The third-order valence-electron chi connectivity index (χ3n) is 6.55. The van der Waals surface area contributed by atoms with Gasteiger partial charge >= 0.3 is 12.2 Å². The number of hydroxylamine groups is 2. The number of carbonyl (C=O) groups excluding carboxylic acids is 4. The van der Waals surface area contributed by atoms with Crippen molar-refractivity contribution < 1.29 is 38.2 Å². The number of imide groups is 1. The van der Waals surface area contributed by atoms with Crippen LogP contribution < -0.4 is 10.1 Å². The number of alkyl carbamates (subject to hydrolysis) is 1. The third kappa shape index (κ3) is 6.39. The Bertz CT molecular complexity index is 1430. The highest BCUT2D eigenvalue weighted by Gasteiger charge is 2.33. The molecule has 1 heterocycles. The Labute approximate surface area is 245 Å². The Kier molecular flexibility index (Phi) is 8.61. The lowest BCUT2D eigenvalue weighted by Gasteiger charge is -2.15. The van der Waals surface area contributed by atoms with E-state index in [-0.39, 0.29) is 60.9 Å². The van der Waals surface area contributed by atoms with Crippen LogP contribution in [-0.2, 0) is 30.5 Å². The average molecular weight is 599 g/mol. The molecule has 0 aromatic heterocycles. The second kappa shape index (κ2) is 12.5. The van der Waals surface area contributed by atoms with Gasteiger partial charge in [0.1, 0.15) is 19.8 Å². The monoisotopic (exact) mass is 598 g/mol. The molecule has 1 fully saturated rings. The lowest BCUT2D eigenvalue weighted by atomic mass is 9.98. The molecule has 2 aliphatic rings. The van der Waals surface area contributed by atoms with Crippen molar-refractivity contribution in [2.24, 2.45) is 0 Å². The summed E-state index contributed by atoms with van der Waals surface area (Å²) >= 11 is 12.6. The van der Waals surface area contributed by atoms with Crippen LogP contribution in [0.3, 0.4) is 0 Å². The van der Waals surface area contributed by atoms with Crippen LogP contribution in [0.5, 0.6) is 5.75 Å². The van der Waals surface area contributed by atoms with Gasteiger partial charge in [0, 0.05) is 18.8 Å². The minimum atomic E-state index is -1.22. The summed E-state index contributed by atoms with van der Waals surface area (Å²) in [6.45, 7) is 0.107. The third-order valence-corrected chi connectivity index (χ3v) is 7.11. The first kappa shape index (κ1) is 28.3. The number of benzene rings is 3. The summed E-state index contributed by atoms with van der Waals surface area (Å²) in [5.41, 5.74) is 4.95. The fraction of sp³-hybridized carbons (Fsp3) is 0.241. The van der Waals surface area contributed by atoms with Crippen molar-refractivity contribution in [1.82, 2.24) is 10.4 Å². The molecule has 1 N–H and O–H groups in total. The lowest BCUT2D eigenvalue weighted by molar-refractivity contribution is -0.177. The van der Waals surface area contributed by atoms with Gasteiger partial charge in [-0.25, -0.2) is 9.59 Å². The number of rotatable bonds is 9. The van der Waals surface area contributed by atoms with Gasteiger partial charge in [-0.15, -0.1) is 0 Å². The van der Waals surface area contributed by atoms with Crippen molar-refractivity contribution in [2.45, 2.75) is 25.4 Å². The molecule has 1 aliphatic carbocycles. The molecule has 0 bridgehead atoms. The smallest absolute Gasteiger partial charge is 0.489 e. The topological polar surface area (TPSA) is 120 Å². The fourth-order valence-electron chi connectivity index (χ4n) is 4.69. The maximum Gasteiger partial charge on any atom is 0.534 e. The zero-order valence-corrected chi connectivity index (χ0v) is 23.1. The van der Waals surface area contributed by atoms with Gasteiger partial charge in [-0.2, -0.15) is 0 Å². The van der Waals surface area contributed by atoms with E-state index in [0.717, 1.165) is 22.3 Å². The van der Waals surface area contributed by atoms with Gasteiger partial charge < -0.3 is 19.5 Å². The number of hydrogen-bond donors (Lipinski definition) is 1. The summed E-state index contributed by atoms with van der Waals surface area (Å²) in [4.78, 5) is 51.9. The molecule has 0 unspecified atom stereocenters. The Hall–Kier alpha value is -4.28. The van der Waals surface area contributed by atoms with Gasteiger partial charge in [0.05, 0.1) is 16.6 Å². The molecule has 3 aromatic carbocycles. The summed E-state index contributed by atoms with van der Waals surface area (Å²) in [5, 5.41) is 3.33. The highest BCUT2D eigenvalue weighted by molar-refractivity contribution is 6.37. The van der Waals surface area contributed by atoms with Crippen LogP contribution in [0.2, 0.25) is 10.0 Å². The van der Waals surface area contributed by atoms with Gasteiger partial charge in [-0.05, 0) is 39.9 Å². The van der Waals surface area contributed by atoms with E-state index < -0.39 is 24.1 Å². The van der Waals surface area contributed by atoms with E-state index in [4.69, 9.17) is 37.4 Å². The summed E-state index contributed by atoms with van der Waals surface area (Å²) in [6.07, 6.45) is -1.86. The zero-order valence-electron chi connectivity index (χ0n) is 21.6. The first-order valence-electron chi connectivity index (χ1n) is 12.7. The van der Waals surface area contributed by atoms with Crippen LogP contribution in [0.4, 0.5) is 9.59 Å². The van der Waals surface area contributed by atoms with Crippen LogP contribution in [0.25, 0.3) is 11.1 Å². The molecule has 1 aliphatic heterocycles. The molecule has 3 amide bonds. The molecule has 5 rings (SSSR count). The standard InChI is InChI=1S/C29H24Cl2N2O8/c30-23-13-17(15-40-29(37)41-33-25(34)9-10-26(33)35)14-24(31)27(23)38-12-11-32-28(36)39-16-22-20-7-3-1-5-18(20)19-6-2-4-8-21(19)22/h1-8,13-14,22H,9-12,15-16H2,(H,32,36). The number of hydrogen-bond acceptors (Lipinski definition) is 8. The van der Waals surface area contributed by atoms with Crippen molar-refractivity contribution in [3.8, 4) is 16.9 Å². The normalized spacial score (nSPS) is 14.0. The Morgan fingerprint density at radius 1 is 0.878 bits per heavy atom. The highest BCUT2D eigenvalue weighted by atomic mass is 35.5. The second-order valence-electron chi connectivity index (χ2n) is 9.20. The number of fused-ring (bicyclic) bond motifs is 3. The van der Waals surface area contributed by atoms with Crippen molar-refractivity contribution >= 4 is 47.3 Å². The molecule has 1 saturated heterocycles. The predicted octanol–water partition coefficient (Wildman–Crippen LogP) is 5.63. The van der Waals surface area contributed by atoms with E-state index in [2.05, 4.69) is 22.3 Å². The first-order valence-corrected chi connectivity index (χ1v) is 13.5. The largest absolute Gasteiger partial charge is 0.534 e. The predicted molar refractivity (Wildman–Crippen MR) is 147 cm³/mol. The molecular weight excluding hydrogens is 575 g/mol. The zero-order chi connectivity index (χ0) is 28.9. The Morgan fingerprint density at radius 3 is 2.07 bits per heavy atom. The molecular formula is C29H24Cl2N2O8. The number of halogens is 2. The molecule has 41 heavy (non-hydrogen) atoms. The maximum absolute atomic E-state index is 12.4. The maximum atomic E-state index is 12.4. The molecule has 212 valence electrons. The van der Waals surface area contributed by atoms with Gasteiger partial charge in [0.15, 0.2) is 5.75 Å². The van der Waals surface area contributed by atoms with E-state index >= 15 is 0 Å². The number of ether oxygens (including phenoxy) is 3. The molecule has 3 aromatic rings. The van der Waals surface area contributed by atoms with E-state index in [1.54, 1.807) is 0 Å². The van der Waals surface area contributed by atoms with Gasteiger partial charge in [-0.3, -0.25) is 14.4 Å². The van der Waals surface area contributed by atoms with Crippen LogP contribution in [0.1, 0.15) is 35.4 Å². The minimum absolute atomic E-state index is 0.0278. The molecule has 0 spiro atoms. The fourth-order valence-corrected chi connectivity index (χ4v) is 5.33. The quantitative estimate of drug-likeness (QED) is 0.191. The van der Waals surface area contributed by atoms with Crippen LogP contribution in [-0.4, -0.2) is 48.9 Å². The summed E-state index contributed by atoms with van der Waals surface area (Å²) in [6, 6.07) is 19.1. The van der Waals surface area contributed by atoms with Crippen LogP contribution >= 0.6 is 23.2 Å². The van der Waals surface area contributed by atoms with E-state index in [1.165, 1.54) is 12.1 Å². The molecule has 12 heteroatoms. The summed E-state index contributed by atoms with van der Waals surface area (Å²) in [5.74, 6) is -1.10. The molecule has 0 radical (unpaired) electrons. The summed E-state index contributed by atoms with van der Waals surface area (Å²) in [7, 11) is 0. The van der Waals surface area contributed by atoms with E-state index in [0.29, 0.717) is 10.6 Å². The number of amides is 3. The summed E-state index contributed by atoms with van der Waals surface area (Å²) < 4.78 is 16.1. The Morgan fingerprint density at radius 2 is 1.46 bits per heavy atom. The average Bonchev–Trinajstić information content (AvgIpc) is 3.45. The van der Waals surface area contributed by atoms with Crippen molar-refractivity contribution in [1.29, 1.82) is 0 Å². The van der Waals surface area contributed by atoms with E-state index in [1.807, 2.05) is 36.4 Å². The van der Waals surface area contributed by atoms with Crippen LogP contribution in [0, 0.1) is 0 Å². The van der Waals surface area contributed by atoms with Gasteiger partial charge in [-0.1, -0.05) is 76.8 Å². The number of nitrogens with zero attached hydrogens (tertiary/aromatic N) is 1. The number of nitrogens with one attached hydrogen (secondary N) is 1. The second-order valence-corrected chi connectivity index (χ2v) is 10.0. The van der Waals surface area contributed by atoms with Crippen molar-refractivity contribution in [3.05, 3.63) is 87.4 Å². The first-order chi connectivity index (χ1) is 19.8. The van der Waals surface area contributed by atoms with Gasteiger partial charge in [0.2, 0.25) is 0 Å². The van der Waals surface area contributed by atoms with Gasteiger partial charge in [0.25, 0.3) is 11.8 Å². The van der Waals surface area contributed by atoms with Crippen LogP contribution in [0.15, 0.2) is 60.7 Å². The van der Waals surface area contributed by atoms with E-state index in [9.17, 15) is 19.2 Å². The minimum Gasteiger partial charge on any atom is -0.489 e. The number of carbonyl (C=O) groups is 4. The SMILES string of the molecule is O=C(NCCOc1c(Cl)cc(COC(=O)ON2C(=O)CCC2=O)cc1Cl)OCC1c2ccccc2-c2ccccc21.